The Hall–Kier alpha value is -3.30. The number of aliphatic hydroxyl groups is 1. The number of rotatable bonds is 8. The van der Waals surface area contributed by atoms with Gasteiger partial charge in [-0.3, -0.25) is 0 Å². The SMILES string of the molecule is C=CCOC(=O)O[C@@H]1C(O)S[C@@H](COC(=O)c2ccccc2)[C@H]1OC(=O)c1ccccc1. The van der Waals surface area contributed by atoms with Crippen LogP contribution in [-0.2, 0) is 18.9 Å². The van der Waals surface area contributed by atoms with Crippen LogP contribution in [0.2, 0.25) is 0 Å². The molecule has 2 aromatic carbocycles. The van der Waals surface area contributed by atoms with Gasteiger partial charge in [-0.2, -0.15) is 0 Å². The minimum atomic E-state index is -1.22. The van der Waals surface area contributed by atoms with Gasteiger partial charge in [-0.05, 0) is 24.3 Å². The number of carbonyl (C=O) groups is 3. The zero-order valence-electron chi connectivity index (χ0n) is 17.0. The lowest BCUT2D eigenvalue weighted by Gasteiger charge is -2.24. The molecule has 1 fully saturated rings. The summed E-state index contributed by atoms with van der Waals surface area (Å²) in [4.78, 5) is 36.8. The number of esters is 2. The third kappa shape index (κ3) is 6.12. The van der Waals surface area contributed by atoms with Crippen LogP contribution >= 0.6 is 11.8 Å². The summed E-state index contributed by atoms with van der Waals surface area (Å²) in [5, 5.41) is 9.77. The summed E-state index contributed by atoms with van der Waals surface area (Å²) in [5.41, 5.74) is -0.582. The van der Waals surface area contributed by atoms with Crippen molar-refractivity contribution in [2.45, 2.75) is 22.9 Å². The first-order valence-corrected chi connectivity index (χ1v) is 10.7. The monoisotopic (exact) mass is 458 g/mol. The minimum absolute atomic E-state index is 0.0820. The molecule has 168 valence electrons. The quantitative estimate of drug-likeness (QED) is 0.362. The van der Waals surface area contributed by atoms with Crippen molar-refractivity contribution in [1.82, 2.24) is 0 Å². The van der Waals surface area contributed by atoms with Gasteiger partial charge in [0.05, 0.1) is 16.4 Å². The molecular formula is C23H22O8S. The van der Waals surface area contributed by atoms with Gasteiger partial charge >= 0.3 is 18.1 Å². The highest BCUT2D eigenvalue weighted by atomic mass is 32.2. The number of hydrogen-bond acceptors (Lipinski definition) is 9. The van der Waals surface area contributed by atoms with Crippen LogP contribution in [0.15, 0.2) is 73.3 Å². The van der Waals surface area contributed by atoms with Crippen molar-refractivity contribution in [1.29, 1.82) is 0 Å². The maximum atomic E-state index is 12.6. The third-order valence-electron chi connectivity index (χ3n) is 4.48. The van der Waals surface area contributed by atoms with E-state index in [9.17, 15) is 19.5 Å². The zero-order valence-corrected chi connectivity index (χ0v) is 17.8. The van der Waals surface area contributed by atoms with E-state index >= 15 is 0 Å². The minimum Gasteiger partial charge on any atom is -0.461 e. The smallest absolute Gasteiger partial charge is 0.461 e. The molecule has 32 heavy (non-hydrogen) atoms. The predicted molar refractivity (Wildman–Crippen MR) is 116 cm³/mol. The van der Waals surface area contributed by atoms with Crippen LogP contribution in [0.25, 0.3) is 0 Å². The lowest BCUT2D eigenvalue weighted by Crippen LogP contribution is -2.42. The van der Waals surface area contributed by atoms with E-state index in [1.54, 1.807) is 60.7 Å². The van der Waals surface area contributed by atoms with Crippen molar-refractivity contribution >= 4 is 29.9 Å². The van der Waals surface area contributed by atoms with Crippen molar-refractivity contribution in [2.24, 2.45) is 0 Å². The average molecular weight is 458 g/mol. The normalized spacial score (nSPS) is 21.9. The number of benzene rings is 2. The van der Waals surface area contributed by atoms with Gasteiger partial charge in [0, 0.05) is 0 Å². The number of aliphatic hydroxyl groups excluding tert-OH is 1. The molecule has 0 aliphatic carbocycles. The Morgan fingerprint density at radius 3 is 2.06 bits per heavy atom. The molecule has 1 aliphatic rings. The van der Waals surface area contributed by atoms with Crippen molar-refractivity contribution < 1.29 is 38.4 Å². The number of ether oxygens (including phenoxy) is 4. The van der Waals surface area contributed by atoms with Gasteiger partial charge in [-0.1, -0.05) is 49.1 Å². The average Bonchev–Trinajstić information content (AvgIpc) is 3.11. The lowest BCUT2D eigenvalue weighted by atomic mass is 10.1. The van der Waals surface area contributed by atoms with Crippen LogP contribution < -0.4 is 0 Å². The summed E-state index contributed by atoms with van der Waals surface area (Å²) in [6.07, 6.45) is -1.98. The summed E-state index contributed by atoms with van der Waals surface area (Å²) >= 11 is 0.970. The number of hydrogen-bond donors (Lipinski definition) is 1. The van der Waals surface area contributed by atoms with Gasteiger partial charge in [0.25, 0.3) is 0 Å². The van der Waals surface area contributed by atoms with Crippen molar-refractivity contribution in [3.8, 4) is 0 Å². The summed E-state index contributed by atoms with van der Waals surface area (Å²) in [5.74, 6) is -1.23. The molecule has 0 saturated carbocycles. The van der Waals surface area contributed by atoms with E-state index in [4.69, 9.17) is 18.9 Å². The molecule has 0 bridgehead atoms. The van der Waals surface area contributed by atoms with Gasteiger partial charge in [0.2, 0.25) is 0 Å². The molecule has 0 aromatic heterocycles. The van der Waals surface area contributed by atoms with E-state index in [0.717, 1.165) is 11.8 Å². The van der Waals surface area contributed by atoms with E-state index in [1.165, 1.54) is 6.08 Å². The van der Waals surface area contributed by atoms with Gasteiger partial charge in [0.1, 0.15) is 18.6 Å². The summed E-state index contributed by atoms with van der Waals surface area (Å²) in [6, 6.07) is 16.6. The van der Waals surface area contributed by atoms with Gasteiger partial charge < -0.3 is 24.1 Å². The summed E-state index contributed by atoms with van der Waals surface area (Å²) < 4.78 is 20.9. The van der Waals surface area contributed by atoms with E-state index in [1.807, 2.05) is 0 Å². The standard InChI is InChI=1S/C23H22O8S/c1-2-13-28-23(27)31-19-18(30-21(25)16-11-7-4-8-12-16)17(32-22(19)26)14-29-20(24)15-9-5-3-6-10-15/h2-12,17-19,22,26H,1,13-14H2/t17-,18+,19-,22?/m0/s1. The first-order valence-electron chi connectivity index (χ1n) is 9.75. The van der Waals surface area contributed by atoms with E-state index < -0.39 is 41.0 Å². The largest absolute Gasteiger partial charge is 0.509 e. The molecular weight excluding hydrogens is 436 g/mol. The maximum absolute atomic E-state index is 12.6. The predicted octanol–water partition coefficient (Wildman–Crippen LogP) is 3.21. The van der Waals surface area contributed by atoms with Crippen LogP contribution in [0.5, 0.6) is 0 Å². The lowest BCUT2D eigenvalue weighted by molar-refractivity contribution is -0.0645. The Balaban J connectivity index is 1.72. The van der Waals surface area contributed by atoms with Crippen LogP contribution in [0.1, 0.15) is 20.7 Å². The molecule has 2 aromatic rings. The van der Waals surface area contributed by atoms with Gasteiger partial charge in [-0.15, -0.1) is 11.8 Å². The molecule has 0 radical (unpaired) electrons. The second kappa shape index (κ2) is 11.4. The van der Waals surface area contributed by atoms with E-state index in [0.29, 0.717) is 5.56 Å². The van der Waals surface area contributed by atoms with Gasteiger partial charge in [-0.25, -0.2) is 14.4 Å². The Morgan fingerprint density at radius 2 is 1.47 bits per heavy atom. The molecule has 4 atom stereocenters. The van der Waals surface area contributed by atoms with Crippen LogP contribution in [0, 0.1) is 0 Å². The zero-order chi connectivity index (χ0) is 22.9. The Morgan fingerprint density at radius 1 is 0.875 bits per heavy atom. The fourth-order valence-electron chi connectivity index (χ4n) is 2.96. The van der Waals surface area contributed by atoms with Crippen molar-refractivity contribution in [3.63, 3.8) is 0 Å². The fourth-order valence-corrected chi connectivity index (χ4v) is 4.20. The molecule has 1 unspecified atom stereocenters. The highest BCUT2D eigenvalue weighted by Crippen LogP contribution is 2.37. The number of thioether (sulfide) groups is 1. The fraction of sp³-hybridized carbons (Fsp3) is 0.261. The van der Waals surface area contributed by atoms with Gasteiger partial charge in [0.15, 0.2) is 12.2 Å². The molecule has 1 heterocycles. The van der Waals surface area contributed by atoms with Crippen molar-refractivity contribution in [2.75, 3.05) is 13.2 Å². The first-order chi connectivity index (χ1) is 15.5. The molecule has 1 saturated heterocycles. The second-order valence-corrected chi connectivity index (χ2v) is 8.06. The molecule has 3 rings (SSSR count). The van der Waals surface area contributed by atoms with Crippen LogP contribution in [0.3, 0.4) is 0 Å². The van der Waals surface area contributed by atoms with E-state index in [2.05, 4.69) is 6.58 Å². The molecule has 9 heteroatoms. The van der Waals surface area contributed by atoms with E-state index in [-0.39, 0.29) is 18.8 Å². The topological polar surface area (TPSA) is 108 Å². The molecule has 1 aliphatic heterocycles. The highest BCUT2D eigenvalue weighted by Gasteiger charge is 2.49. The molecule has 8 nitrogen and oxygen atoms in total. The highest BCUT2D eigenvalue weighted by molar-refractivity contribution is 8.00. The van der Waals surface area contributed by atoms with Crippen LogP contribution in [0.4, 0.5) is 4.79 Å². The summed E-state index contributed by atoms with van der Waals surface area (Å²) in [6.45, 7) is 3.18. The second-order valence-electron chi connectivity index (χ2n) is 6.70. The molecule has 0 amide bonds. The summed E-state index contributed by atoms with van der Waals surface area (Å²) in [7, 11) is 0. The third-order valence-corrected chi connectivity index (χ3v) is 5.78. The number of carbonyl (C=O) groups excluding carboxylic acids is 3. The Kier molecular flexibility index (Phi) is 8.29. The van der Waals surface area contributed by atoms with Crippen LogP contribution in [-0.4, -0.2) is 59.3 Å². The Labute approximate surface area is 189 Å². The first kappa shape index (κ1) is 23.4. The maximum Gasteiger partial charge on any atom is 0.509 e. The molecule has 1 N–H and O–H groups in total. The van der Waals surface area contributed by atoms with Crippen molar-refractivity contribution in [3.05, 3.63) is 84.4 Å². The Bertz CT molecular complexity index is 934. The molecule has 0 spiro atoms.